The number of ether oxygens (including phenoxy) is 1. The summed E-state index contributed by atoms with van der Waals surface area (Å²) in [6, 6.07) is 0. The Balaban J connectivity index is 2.12. The fourth-order valence-electron chi connectivity index (χ4n) is 1.37. The third kappa shape index (κ3) is 6.58. The quantitative estimate of drug-likeness (QED) is 0.689. The van der Waals surface area contributed by atoms with Crippen LogP contribution in [0, 0.1) is 5.92 Å². The van der Waals surface area contributed by atoms with Crippen molar-refractivity contribution in [1.82, 2.24) is 10.2 Å². The van der Waals surface area contributed by atoms with E-state index in [4.69, 9.17) is 4.74 Å². The van der Waals surface area contributed by atoms with Crippen LogP contribution in [-0.2, 0) is 11.3 Å². The van der Waals surface area contributed by atoms with E-state index in [9.17, 15) is 0 Å². The van der Waals surface area contributed by atoms with E-state index in [1.807, 2.05) is 0 Å². The lowest BCUT2D eigenvalue weighted by atomic mass is 10.1. The molecule has 0 aliphatic carbocycles. The Labute approximate surface area is 108 Å². The molecule has 4 nitrogen and oxygen atoms in total. The van der Waals surface area contributed by atoms with Gasteiger partial charge in [0.2, 0.25) is 5.13 Å². The van der Waals surface area contributed by atoms with Crippen molar-refractivity contribution < 1.29 is 4.74 Å². The predicted molar refractivity (Wildman–Crippen MR) is 72.4 cm³/mol. The van der Waals surface area contributed by atoms with Crippen LogP contribution in [-0.4, -0.2) is 23.3 Å². The van der Waals surface area contributed by atoms with Gasteiger partial charge in [-0.1, -0.05) is 32.1 Å². The van der Waals surface area contributed by atoms with Gasteiger partial charge in [-0.05, 0) is 25.2 Å². The van der Waals surface area contributed by atoms with E-state index in [1.54, 1.807) is 11.3 Å². The van der Waals surface area contributed by atoms with E-state index in [1.165, 1.54) is 6.42 Å². The van der Waals surface area contributed by atoms with Gasteiger partial charge in [0.1, 0.15) is 11.6 Å². The van der Waals surface area contributed by atoms with Crippen LogP contribution in [0.15, 0.2) is 0 Å². The van der Waals surface area contributed by atoms with Gasteiger partial charge in [-0.2, -0.15) is 0 Å². The molecule has 1 rings (SSSR count). The number of hydrogen-bond acceptors (Lipinski definition) is 5. The second-order valence-corrected chi connectivity index (χ2v) is 5.58. The third-order valence-electron chi connectivity index (χ3n) is 2.29. The first-order chi connectivity index (χ1) is 8.22. The summed E-state index contributed by atoms with van der Waals surface area (Å²) in [6.07, 6.45) is 3.44. The predicted octanol–water partition coefficient (Wildman–Crippen LogP) is 3.31. The lowest BCUT2D eigenvalue weighted by Crippen LogP contribution is -1.98. The number of anilines is 1. The van der Waals surface area contributed by atoms with Crippen molar-refractivity contribution >= 4 is 16.5 Å². The number of nitrogens with zero attached hydrogens (tertiary/aromatic N) is 2. The summed E-state index contributed by atoms with van der Waals surface area (Å²) in [4.78, 5) is 0. The molecule has 0 aliphatic heterocycles. The van der Waals surface area contributed by atoms with Crippen LogP contribution in [0.2, 0.25) is 0 Å². The van der Waals surface area contributed by atoms with Crippen LogP contribution < -0.4 is 5.32 Å². The number of hydrogen-bond donors (Lipinski definition) is 1. The first kappa shape index (κ1) is 14.4. The lowest BCUT2D eigenvalue weighted by Gasteiger charge is -2.04. The van der Waals surface area contributed by atoms with E-state index in [0.717, 1.165) is 42.1 Å². The van der Waals surface area contributed by atoms with Gasteiger partial charge in [0.15, 0.2) is 0 Å². The van der Waals surface area contributed by atoms with Crippen LogP contribution >= 0.6 is 11.3 Å². The summed E-state index contributed by atoms with van der Waals surface area (Å²) < 4.78 is 5.57. The summed E-state index contributed by atoms with van der Waals surface area (Å²) in [5.41, 5.74) is 0. The average Bonchev–Trinajstić information content (AvgIpc) is 2.73. The van der Waals surface area contributed by atoms with Gasteiger partial charge in [-0.3, -0.25) is 0 Å². The fourth-order valence-corrected chi connectivity index (χ4v) is 2.07. The summed E-state index contributed by atoms with van der Waals surface area (Å²) in [6.45, 7) is 8.95. The first-order valence-electron chi connectivity index (χ1n) is 6.36. The van der Waals surface area contributed by atoms with Crippen LogP contribution in [0.25, 0.3) is 0 Å². The number of nitrogens with one attached hydrogen (secondary N) is 1. The number of rotatable bonds is 9. The van der Waals surface area contributed by atoms with Crippen molar-refractivity contribution in [3.05, 3.63) is 5.01 Å². The van der Waals surface area contributed by atoms with Crippen molar-refractivity contribution in [3.63, 3.8) is 0 Å². The SMILES string of the molecule is CCCNc1nnc(COCCCC(C)C)s1. The van der Waals surface area contributed by atoms with Gasteiger partial charge in [-0.25, -0.2) is 0 Å². The Hall–Kier alpha value is -0.680. The molecule has 1 heterocycles. The van der Waals surface area contributed by atoms with Crippen molar-refractivity contribution in [2.45, 2.75) is 46.6 Å². The molecule has 0 amide bonds. The van der Waals surface area contributed by atoms with E-state index < -0.39 is 0 Å². The summed E-state index contributed by atoms with van der Waals surface area (Å²) in [7, 11) is 0. The average molecular weight is 257 g/mol. The Morgan fingerprint density at radius 2 is 2.18 bits per heavy atom. The molecule has 0 radical (unpaired) electrons. The topological polar surface area (TPSA) is 47.0 Å². The Kier molecular flexibility index (Phi) is 7.12. The van der Waals surface area contributed by atoms with Gasteiger partial charge in [0.25, 0.3) is 0 Å². The molecule has 17 heavy (non-hydrogen) atoms. The number of aromatic nitrogens is 2. The van der Waals surface area contributed by atoms with Crippen LogP contribution in [0.5, 0.6) is 0 Å². The van der Waals surface area contributed by atoms with Crippen molar-refractivity contribution in [1.29, 1.82) is 0 Å². The van der Waals surface area contributed by atoms with Gasteiger partial charge in [0.05, 0.1) is 0 Å². The second kappa shape index (κ2) is 8.42. The zero-order valence-corrected chi connectivity index (χ0v) is 11.8. The highest BCUT2D eigenvalue weighted by atomic mass is 32.1. The molecule has 0 fully saturated rings. The molecule has 1 aromatic rings. The van der Waals surface area contributed by atoms with Crippen molar-refractivity contribution in [2.75, 3.05) is 18.5 Å². The molecule has 0 bridgehead atoms. The molecule has 0 atom stereocenters. The van der Waals surface area contributed by atoms with Gasteiger partial charge in [-0.15, -0.1) is 10.2 Å². The van der Waals surface area contributed by atoms with E-state index in [0.29, 0.717) is 6.61 Å². The molecule has 1 aromatic heterocycles. The maximum Gasteiger partial charge on any atom is 0.205 e. The summed E-state index contributed by atoms with van der Waals surface area (Å²) in [5, 5.41) is 13.2. The molecular formula is C12H23N3OS. The van der Waals surface area contributed by atoms with Gasteiger partial charge >= 0.3 is 0 Å². The second-order valence-electron chi connectivity index (χ2n) is 4.52. The fraction of sp³-hybridized carbons (Fsp3) is 0.833. The molecule has 0 saturated heterocycles. The van der Waals surface area contributed by atoms with Crippen LogP contribution in [0.4, 0.5) is 5.13 Å². The third-order valence-corrected chi connectivity index (χ3v) is 3.14. The minimum Gasteiger partial charge on any atom is -0.374 e. The highest BCUT2D eigenvalue weighted by Crippen LogP contribution is 2.16. The van der Waals surface area contributed by atoms with Gasteiger partial charge < -0.3 is 10.1 Å². The maximum absolute atomic E-state index is 5.57. The minimum atomic E-state index is 0.587. The highest BCUT2D eigenvalue weighted by Gasteiger charge is 2.03. The van der Waals surface area contributed by atoms with E-state index in [-0.39, 0.29) is 0 Å². The molecular weight excluding hydrogens is 234 g/mol. The molecule has 0 aromatic carbocycles. The monoisotopic (exact) mass is 257 g/mol. The minimum absolute atomic E-state index is 0.587. The van der Waals surface area contributed by atoms with E-state index in [2.05, 4.69) is 36.3 Å². The zero-order valence-electron chi connectivity index (χ0n) is 11.0. The molecule has 1 N–H and O–H groups in total. The zero-order chi connectivity index (χ0) is 12.5. The van der Waals surface area contributed by atoms with Crippen molar-refractivity contribution in [2.24, 2.45) is 5.92 Å². The first-order valence-corrected chi connectivity index (χ1v) is 7.18. The smallest absolute Gasteiger partial charge is 0.205 e. The lowest BCUT2D eigenvalue weighted by molar-refractivity contribution is 0.114. The standard InChI is InChI=1S/C12H23N3OS/c1-4-7-13-12-15-14-11(17-12)9-16-8-5-6-10(2)3/h10H,4-9H2,1-3H3,(H,13,15). The van der Waals surface area contributed by atoms with E-state index >= 15 is 0 Å². The Morgan fingerprint density at radius 1 is 1.35 bits per heavy atom. The van der Waals surface area contributed by atoms with Gasteiger partial charge in [0, 0.05) is 13.2 Å². The maximum atomic E-state index is 5.57. The highest BCUT2D eigenvalue weighted by molar-refractivity contribution is 7.15. The molecule has 5 heteroatoms. The van der Waals surface area contributed by atoms with Crippen LogP contribution in [0.3, 0.4) is 0 Å². The molecule has 98 valence electrons. The molecule has 0 aliphatic rings. The van der Waals surface area contributed by atoms with Crippen LogP contribution in [0.1, 0.15) is 45.0 Å². The Bertz CT molecular complexity index is 302. The summed E-state index contributed by atoms with van der Waals surface area (Å²) >= 11 is 1.58. The molecule has 0 spiro atoms. The molecule has 0 saturated carbocycles. The Morgan fingerprint density at radius 3 is 2.88 bits per heavy atom. The molecule has 0 unspecified atom stereocenters. The van der Waals surface area contributed by atoms with Crippen molar-refractivity contribution in [3.8, 4) is 0 Å². The summed E-state index contributed by atoms with van der Waals surface area (Å²) in [5.74, 6) is 0.755. The largest absolute Gasteiger partial charge is 0.374 e. The normalized spacial score (nSPS) is 11.1.